The van der Waals surface area contributed by atoms with E-state index < -0.39 is 5.97 Å². The number of aliphatic hydroxyl groups excluding tert-OH is 2. The van der Waals surface area contributed by atoms with Crippen LogP contribution in [0.2, 0.25) is 0 Å². The number of rotatable bonds is 13. The van der Waals surface area contributed by atoms with Crippen LogP contribution in [-0.4, -0.2) is 29.4 Å². The van der Waals surface area contributed by atoms with Crippen LogP contribution >= 0.6 is 0 Å². The van der Waals surface area contributed by atoms with E-state index in [0.717, 1.165) is 19.3 Å². The minimum Gasteiger partial charge on any atom is -0.550 e. The van der Waals surface area contributed by atoms with Crippen molar-refractivity contribution in [2.75, 3.05) is 13.2 Å². The normalized spacial score (nSPS) is 9.30. The van der Waals surface area contributed by atoms with E-state index >= 15 is 0 Å². The fourth-order valence-electron chi connectivity index (χ4n) is 1.76. The molecule has 0 spiro atoms. The third-order valence-electron chi connectivity index (χ3n) is 3.74. The minimum atomic E-state index is -0.908. The molecule has 0 aromatic heterocycles. The average molecular weight is 506 g/mol. The summed E-state index contributed by atoms with van der Waals surface area (Å²) in [6.07, 6.45) is 16.5. The first-order chi connectivity index (χ1) is 13.7. The predicted octanol–water partition coefficient (Wildman–Crippen LogP) is 5.63. The number of aliphatic hydroxyl groups is 2. The molecule has 0 bridgehead atoms. The third kappa shape index (κ3) is 70.8. The maximum absolute atomic E-state index is 10.1. The molecule has 0 atom stereocenters. The van der Waals surface area contributed by atoms with E-state index in [1.165, 1.54) is 63.5 Å². The Labute approximate surface area is 207 Å². The molecule has 0 fully saturated rings. The molecule has 30 heavy (non-hydrogen) atoms. The van der Waals surface area contributed by atoms with Crippen molar-refractivity contribution in [1.82, 2.24) is 0 Å². The van der Waals surface area contributed by atoms with Crippen molar-refractivity contribution in [2.24, 2.45) is 5.41 Å². The summed E-state index contributed by atoms with van der Waals surface area (Å²) in [5.41, 5.74) is 0.431. The van der Waals surface area contributed by atoms with Gasteiger partial charge in [-0.15, -0.1) is 13.2 Å². The van der Waals surface area contributed by atoms with Gasteiger partial charge in [0.1, 0.15) is 0 Å². The van der Waals surface area contributed by atoms with E-state index in [4.69, 9.17) is 10.2 Å². The van der Waals surface area contributed by atoms with E-state index in [0.29, 0.717) is 5.41 Å². The third-order valence-corrected chi connectivity index (χ3v) is 3.74. The second-order valence-electron chi connectivity index (χ2n) is 8.06. The Bertz CT molecular complexity index is 318. The molecule has 0 saturated heterocycles. The predicted molar refractivity (Wildman–Crippen MR) is 125 cm³/mol. The van der Waals surface area contributed by atoms with Crippen LogP contribution in [0.4, 0.5) is 0 Å². The topological polar surface area (TPSA) is 80.6 Å². The second-order valence-corrected chi connectivity index (χ2v) is 8.06. The Balaban J connectivity index is -0.000000114. The van der Waals surface area contributed by atoms with Gasteiger partial charge in [-0.3, -0.25) is 0 Å². The number of carbonyl (C=O) groups excluding carboxylic acids is 1. The molecule has 2 N–H and O–H groups in total. The number of aliphatic carboxylic acids is 1. The maximum Gasteiger partial charge on any atom is 2.00 e. The number of carboxylic acids is 1. The molecule has 0 unspecified atom stereocenters. The molecule has 178 valence electrons. The largest absolute Gasteiger partial charge is 2.00 e. The van der Waals surface area contributed by atoms with Gasteiger partial charge in [-0.05, 0) is 12.8 Å². The molecular weight excluding hydrogens is 455 g/mol. The van der Waals surface area contributed by atoms with Crippen LogP contribution in [0.3, 0.4) is 0 Å². The Morgan fingerprint density at radius 2 is 1.13 bits per heavy atom. The first kappa shape index (κ1) is 40.1. The van der Waals surface area contributed by atoms with Gasteiger partial charge in [-0.2, -0.15) is 6.42 Å². The number of hydrogen-bond acceptors (Lipinski definition) is 4. The zero-order chi connectivity index (χ0) is 23.4. The summed E-state index contributed by atoms with van der Waals surface area (Å²) in [5, 5.41) is 25.6. The van der Waals surface area contributed by atoms with Crippen LogP contribution in [-0.2, 0) is 31.0 Å². The first-order valence-electron chi connectivity index (χ1n) is 11.1. The van der Waals surface area contributed by atoms with Crippen molar-refractivity contribution in [2.45, 2.75) is 105 Å². The molecule has 0 aliphatic heterocycles. The fraction of sp³-hybridized carbons (Fsp3) is 0.760. The van der Waals surface area contributed by atoms with Crippen LogP contribution in [0.1, 0.15) is 105 Å². The van der Waals surface area contributed by atoms with E-state index in [2.05, 4.69) is 47.8 Å². The van der Waals surface area contributed by atoms with Crippen molar-refractivity contribution >= 4 is 5.97 Å². The van der Waals surface area contributed by atoms with Gasteiger partial charge >= 0.3 is 26.2 Å². The molecule has 5 heteroatoms. The van der Waals surface area contributed by atoms with E-state index in [-0.39, 0.29) is 45.8 Å². The van der Waals surface area contributed by atoms with Crippen molar-refractivity contribution < 1.29 is 46.3 Å². The molecule has 0 aromatic rings. The van der Waals surface area contributed by atoms with Crippen molar-refractivity contribution in [1.29, 1.82) is 0 Å². The van der Waals surface area contributed by atoms with E-state index in [1.54, 1.807) is 0 Å². The van der Waals surface area contributed by atoms with Gasteiger partial charge in [0, 0.05) is 5.97 Å². The molecule has 4 nitrogen and oxygen atoms in total. The van der Waals surface area contributed by atoms with Gasteiger partial charge in [0.15, 0.2) is 0 Å². The molecule has 0 heterocycles. The standard InChI is InChI=1S/C13H26O2.C6H13.2C3H6O.Zr/c1-2-3-4-5-6-7-8-9-10-11-12-13(14)15;1-5-6(2,3)4;2*1-2-3-4;/h2-12H2,1H3,(H,14,15);1,5H2,2-4H3;2*2,4H,1,3H2;/q;-1;;;+2/p-1. The Hall–Kier alpha value is -0.247. The van der Waals surface area contributed by atoms with Crippen molar-refractivity contribution in [3.8, 4) is 0 Å². The second kappa shape index (κ2) is 36.1. The zero-order valence-electron chi connectivity index (χ0n) is 20.4. The average Bonchev–Trinajstić information content (AvgIpc) is 2.69. The Morgan fingerprint density at radius 1 is 0.867 bits per heavy atom. The van der Waals surface area contributed by atoms with Crippen LogP contribution in [0, 0.1) is 12.3 Å². The van der Waals surface area contributed by atoms with Gasteiger partial charge in [0.2, 0.25) is 0 Å². The Morgan fingerprint density at radius 3 is 1.33 bits per heavy atom. The van der Waals surface area contributed by atoms with Crippen LogP contribution in [0.5, 0.6) is 0 Å². The van der Waals surface area contributed by atoms with Gasteiger partial charge in [-0.25, -0.2) is 0 Å². The monoisotopic (exact) mass is 504 g/mol. The van der Waals surface area contributed by atoms with Crippen LogP contribution in [0.25, 0.3) is 0 Å². The van der Waals surface area contributed by atoms with E-state index in [1.807, 2.05) is 0 Å². The molecule has 0 aliphatic rings. The van der Waals surface area contributed by atoms with Gasteiger partial charge in [0.25, 0.3) is 0 Å². The van der Waals surface area contributed by atoms with Gasteiger partial charge < -0.3 is 27.0 Å². The summed E-state index contributed by atoms with van der Waals surface area (Å²) in [7, 11) is 0. The molecule has 0 aliphatic carbocycles. The minimum absolute atomic E-state index is 0. The molecule has 0 saturated carbocycles. The summed E-state index contributed by atoms with van der Waals surface area (Å²) < 4.78 is 0. The summed E-state index contributed by atoms with van der Waals surface area (Å²) in [6.45, 7) is 19.2. The molecule has 0 radical (unpaired) electrons. The Kier molecular flexibility index (Phi) is 48.4. The van der Waals surface area contributed by atoms with Crippen molar-refractivity contribution in [3.05, 3.63) is 32.2 Å². The van der Waals surface area contributed by atoms with Crippen LogP contribution in [0.15, 0.2) is 25.3 Å². The molecule has 0 amide bonds. The smallest absolute Gasteiger partial charge is 0.550 e. The molecular formula is C25H50O4Zr. The quantitative estimate of drug-likeness (QED) is 0.193. The number of carboxylic acid groups (broad SMARTS) is 1. The number of hydrogen-bond donors (Lipinski definition) is 2. The fourth-order valence-corrected chi connectivity index (χ4v) is 1.76. The number of carbonyl (C=O) groups is 1. The van der Waals surface area contributed by atoms with E-state index in [9.17, 15) is 9.90 Å². The van der Waals surface area contributed by atoms with Gasteiger partial charge in [-0.1, -0.05) is 103 Å². The summed E-state index contributed by atoms with van der Waals surface area (Å²) in [4.78, 5) is 10.1. The maximum atomic E-state index is 10.1. The zero-order valence-corrected chi connectivity index (χ0v) is 22.8. The number of unbranched alkanes of at least 4 members (excludes halogenated alkanes) is 9. The van der Waals surface area contributed by atoms with Gasteiger partial charge in [0.05, 0.1) is 13.2 Å². The van der Waals surface area contributed by atoms with Crippen LogP contribution < -0.4 is 5.11 Å². The summed E-state index contributed by atoms with van der Waals surface area (Å²) >= 11 is 0. The van der Waals surface area contributed by atoms with Crippen molar-refractivity contribution in [3.63, 3.8) is 0 Å². The first-order valence-corrected chi connectivity index (χ1v) is 11.1. The molecule has 0 rings (SSSR count). The molecule has 0 aromatic carbocycles. The SMILES string of the molecule is C=CCO.C=CCO.CCCCCCCCCCCCC(=O)[O-].[CH2-]CC(C)(C)C.[Zr+2]. The summed E-state index contributed by atoms with van der Waals surface area (Å²) in [6, 6.07) is 0. The summed E-state index contributed by atoms with van der Waals surface area (Å²) in [5.74, 6) is -0.908.